The first kappa shape index (κ1) is 25.5. The van der Waals surface area contributed by atoms with Crippen LogP contribution in [0.1, 0.15) is 47.4 Å². The molecule has 0 heterocycles. The van der Waals surface area contributed by atoms with Gasteiger partial charge in [0, 0.05) is 11.1 Å². The number of carbonyl (C=O) groups excluding carboxylic acids is 4. The second kappa shape index (κ2) is 15.5. The first-order valence-corrected chi connectivity index (χ1v) is 15.2. The molecule has 4 nitrogen and oxygen atoms in total. The number of rotatable bonds is 6. The summed E-state index contributed by atoms with van der Waals surface area (Å²) in [6.45, 7) is 2.84. The average molecular weight is 514 g/mol. The van der Waals surface area contributed by atoms with E-state index in [1.807, 2.05) is 12.1 Å². The van der Waals surface area contributed by atoms with Gasteiger partial charge >= 0.3 is 36.7 Å². The molecule has 0 spiro atoms. The Hall–Kier alpha value is -1.50. The molecular formula is C20H20Cl2O4Sn. The number of carbonyl (C=O) groups is 4. The van der Waals surface area contributed by atoms with Crippen molar-refractivity contribution in [2.75, 3.05) is 0 Å². The molecule has 0 aliphatic heterocycles. The minimum absolute atomic E-state index is 0.00398. The summed E-state index contributed by atoms with van der Waals surface area (Å²) in [6.07, 6.45) is 0.00796. The van der Waals surface area contributed by atoms with Crippen LogP contribution in [0.15, 0.2) is 60.7 Å². The molecule has 142 valence electrons. The van der Waals surface area contributed by atoms with E-state index < -0.39 is 18.9 Å². The van der Waals surface area contributed by atoms with Crippen LogP contribution >= 0.6 is 17.8 Å². The molecule has 0 saturated heterocycles. The third-order valence-electron chi connectivity index (χ3n) is 3.01. The van der Waals surface area contributed by atoms with Crippen molar-refractivity contribution in [1.29, 1.82) is 0 Å². The molecule has 2 rings (SSSR count). The van der Waals surface area contributed by atoms with E-state index in [2.05, 4.69) is 0 Å². The monoisotopic (exact) mass is 514 g/mol. The summed E-state index contributed by atoms with van der Waals surface area (Å²) in [5.74, 6) is -0.404. The van der Waals surface area contributed by atoms with Crippen LogP contribution in [0, 0.1) is 0 Å². The molecule has 0 bridgehead atoms. The third-order valence-corrected chi connectivity index (χ3v) is 3.01. The van der Waals surface area contributed by atoms with Crippen LogP contribution in [0.5, 0.6) is 0 Å². The van der Waals surface area contributed by atoms with E-state index in [-0.39, 0.29) is 36.0 Å². The Morgan fingerprint density at radius 2 is 0.926 bits per heavy atom. The van der Waals surface area contributed by atoms with Crippen LogP contribution in [0.25, 0.3) is 0 Å². The van der Waals surface area contributed by atoms with E-state index in [9.17, 15) is 19.2 Å². The molecule has 0 N–H and O–H groups in total. The normalized spacial score (nSPS) is 9.04. The summed E-state index contributed by atoms with van der Waals surface area (Å²) in [4.78, 5) is 43.7. The number of ketones is 4. The number of benzene rings is 2. The zero-order valence-corrected chi connectivity index (χ0v) is 19.4. The molecule has 0 fully saturated rings. The van der Waals surface area contributed by atoms with Gasteiger partial charge in [0.05, 0.1) is 12.8 Å². The van der Waals surface area contributed by atoms with Gasteiger partial charge in [-0.1, -0.05) is 60.7 Å². The van der Waals surface area contributed by atoms with Gasteiger partial charge in [-0.2, -0.15) is 0 Å². The van der Waals surface area contributed by atoms with Crippen LogP contribution < -0.4 is 0 Å². The van der Waals surface area contributed by atoms with Crippen molar-refractivity contribution in [2.45, 2.75) is 26.7 Å². The fraction of sp³-hybridized carbons (Fsp3) is 0.200. The number of hydrogen-bond acceptors (Lipinski definition) is 4. The molecule has 0 atom stereocenters. The van der Waals surface area contributed by atoms with E-state index in [4.69, 9.17) is 17.8 Å². The molecule has 0 amide bonds. The maximum absolute atomic E-state index is 11.2. The Kier molecular flexibility index (Phi) is 14.7. The molecule has 2 radical (unpaired) electrons. The Balaban J connectivity index is 0.000000438. The summed E-state index contributed by atoms with van der Waals surface area (Å²) in [7, 11) is 9.87. The Bertz CT molecular complexity index is 671. The van der Waals surface area contributed by atoms with Crippen LogP contribution in [0.2, 0.25) is 0 Å². The van der Waals surface area contributed by atoms with Gasteiger partial charge < -0.3 is 0 Å². The fourth-order valence-electron chi connectivity index (χ4n) is 1.90. The molecule has 2 aromatic rings. The van der Waals surface area contributed by atoms with Gasteiger partial charge in [0.2, 0.25) is 0 Å². The van der Waals surface area contributed by atoms with E-state index in [0.29, 0.717) is 11.1 Å². The van der Waals surface area contributed by atoms with E-state index in [1.165, 1.54) is 13.8 Å². The van der Waals surface area contributed by atoms with Crippen molar-refractivity contribution >= 4 is 59.9 Å². The van der Waals surface area contributed by atoms with E-state index in [1.54, 1.807) is 48.5 Å². The van der Waals surface area contributed by atoms with Gasteiger partial charge in [-0.15, -0.1) is 0 Å². The second-order valence-corrected chi connectivity index (χ2v) is 9.65. The summed E-state index contributed by atoms with van der Waals surface area (Å²) in [5, 5.41) is 0. The molecule has 0 unspecified atom stereocenters. The third kappa shape index (κ3) is 13.3. The Morgan fingerprint density at radius 1 is 0.667 bits per heavy atom. The van der Waals surface area contributed by atoms with Crippen LogP contribution in [-0.4, -0.2) is 42.0 Å². The first-order valence-electron chi connectivity index (χ1n) is 7.93. The molecule has 0 saturated carbocycles. The van der Waals surface area contributed by atoms with Gasteiger partial charge in [0.25, 0.3) is 0 Å². The summed E-state index contributed by atoms with van der Waals surface area (Å²) < 4.78 is 0. The van der Waals surface area contributed by atoms with E-state index in [0.717, 1.165) is 0 Å². The Morgan fingerprint density at radius 3 is 1.15 bits per heavy atom. The van der Waals surface area contributed by atoms with Crippen LogP contribution in [0.4, 0.5) is 0 Å². The molecule has 0 aliphatic carbocycles. The topological polar surface area (TPSA) is 68.3 Å². The second-order valence-electron chi connectivity index (χ2n) is 5.41. The van der Waals surface area contributed by atoms with Crippen molar-refractivity contribution in [3.05, 3.63) is 71.8 Å². The number of Topliss-reactive ketones (excluding diaryl/α,β-unsaturated/α-hetero) is 4. The number of halogens is 2. The van der Waals surface area contributed by atoms with Crippen molar-refractivity contribution in [2.24, 2.45) is 0 Å². The summed E-state index contributed by atoms with van der Waals surface area (Å²) in [6, 6.07) is 17.7. The van der Waals surface area contributed by atoms with Crippen molar-refractivity contribution < 1.29 is 19.2 Å². The fourth-order valence-corrected chi connectivity index (χ4v) is 1.90. The predicted octanol–water partition coefficient (Wildman–Crippen LogP) is 4.70. The Labute approximate surface area is 176 Å². The van der Waals surface area contributed by atoms with Gasteiger partial charge in [0.1, 0.15) is 11.6 Å². The molecule has 2 aromatic carbocycles. The summed E-state index contributed by atoms with van der Waals surface area (Å²) >= 11 is -0.826. The van der Waals surface area contributed by atoms with Gasteiger partial charge in [-0.3, -0.25) is 19.2 Å². The first-order chi connectivity index (χ1) is 12.8. The van der Waals surface area contributed by atoms with Gasteiger partial charge in [0.15, 0.2) is 11.6 Å². The average Bonchev–Trinajstić information content (AvgIpc) is 2.63. The van der Waals surface area contributed by atoms with Crippen molar-refractivity contribution in [3.63, 3.8) is 0 Å². The van der Waals surface area contributed by atoms with Gasteiger partial charge in [-0.05, 0) is 13.8 Å². The zero-order chi connectivity index (χ0) is 20.7. The van der Waals surface area contributed by atoms with Gasteiger partial charge in [-0.25, -0.2) is 0 Å². The standard InChI is InChI=1S/2C10H10O2.2ClH.Sn/c2*1-8(11)7-10(12)9-5-3-2-4-6-9;;;/h2*2-6H,7H2,1H3;2*1H;/q;;;;+2/p-2. The van der Waals surface area contributed by atoms with Crippen molar-refractivity contribution in [1.82, 2.24) is 0 Å². The SMILES string of the molecule is CC(=O)CC(=O)c1ccccc1.CC(=O)CC(=O)c1ccccc1.[Cl][Sn][Cl]. The molecule has 0 aliphatic rings. The zero-order valence-electron chi connectivity index (χ0n) is 15.1. The number of hydrogen-bond donors (Lipinski definition) is 0. The minimum atomic E-state index is -0.826. The van der Waals surface area contributed by atoms with Crippen LogP contribution in [0.3, 0.4) is 0 Å². The van der Waals surface area contributed by atoms with E-state index >= 15 is 0 Å². The predicted molar refractivity (Wildman–Crippen MR) is 110 cm³/mol. The molecule has 0 aromatic heterocycles. The van der Waals surface area contributed by atoms with Crippen LogP contribution in [-0.2, 0) is 9.59 Å². The summed E-state index contributed by atoms with van der Waals surface area (Å²) in [5.41, 5.74) is 1.21. The molecular weight excluding hydrogens is 494 g/mol. The maximum atomic E-state index is 11.2. The van der Waals surface area contributed by atoms with Crippen molar-refractivity contribution in [3.8, 4) is 0 Å². The quantitative estimate of drug-likeness (QED) is 0.319. The molecule has 7 heteroatoms. The molecule has 27 heavy (non-hydrogen) atoms.